The molecular weight excluding hydrogens is 398 g/mol. The molecule has 1 aromatic carbocycles. The Morgan fingerprint density at radius 1 is 0.935 bits per heavy atom. The van der Waals surface area contributed by atoms with E-state index in [-0.39, 0.29) is 5.91 Å². The number of aliphatic carboxylic acids is 2. The van der Waals surface area contributed by atoms with Crippen molar-refractivity contribution in [1.82, 2.24) is 14.3 Å². The van der Waals surface area contributed by atoms with E-state index in [0.29, 0.717) is 18.6 Å². The normalized spacial score (nSPS) is 10.6. The van der Waals surface area contributed by atoms with Gasteiger partial charge in [-0.1, -0.05) is 35.9 Å². The van der Waals surface area contributed by atoms with Gasteiger partial charge < -0.3 is 19.5 Å². The van der Waals surface area contributed by atoms with Gasteiger partial charge in [-0.05, 0) is 25.5 Å². The molecule has 0 unspecified atom stereocenters. The predicted molar refractivity (Wildman–Crippen MR) is 117 cm³/mol. The summed E-state index contributed by atoms with van der Waals surface area (Å²) in [5.41, 5.74) is 6.08. The van der Waals surface area contributed by atoms with Gasteiger partial charge in [0.15, 0.2) is 0 Å². The fraction of sp³-hybridized carbons (Fsp3) is 0.217. The molecule has 1 amide bonds. The predicted octanol–water partition coefficient (Wildman–Crippen LogP) is 2.96. The number of carbonyl (C=O) groups excluding carboxylic acids is 1. The number of carbonyl (C=O) groups is 3. The molecule has 0 aliphatic rings. The quantitative estimate of drug-likeness (QED) is 0.610. The van der Waals surface area contributed by atoms with Crippen molar-refractivity contribution in [1.29, 1.82) is 0 Å². The van der Waals surface area contributed by atoms with Crippen molar-refractivity contribution in [2.45, 2.75) is 20.3 Å². The molecule has 0 saturated heterocycles. The molecule has 0 atom stereocenters. The molecular formula is C23H25N3O5. The Balaban J connectivity index is 0.000000366. The van der Waals surface area contributed by atoms with E-state index in [1.54, 1.807) is 19.0 Å². The lowest BCUT2D eigenvalue weighted by Gasteiger charge is -2.11. The van der Waals surface area contributed by atoms with Crippen LogP contribution in [-0.2, 0) is 20.8 Å². The van der Waals surface area contributed by atoms with Crippen molar-refractivity contribution in [2.24, 2.45) is 0 Å². The Morgan fingerprint density at radius 2 is 1.48 bits per heavy atom. The number of pyridine rings is 1. The highest BCUT2D eigenvalue weighted by Crippen LogP contribution is 2.26. The lowest BCUT2D eigenvalue weighted by Crippen LogP contribution is -2.24. The van der Waals surface area contributed by atoms with E-state index in [9.17, 15) is 14.4 Å². The molecule has 0 fully saturated rings. The zero-order valence-corrected chi connectivity index (χ0v) is 17.9. The maximum Gasteiger partial charge on any atom is 0.328 e. The van der Waals surface area contributed by atoms with Crippen LogP contribution in [0.1, 0.15) is 16.8 Å². The van der Waals surface area contributed by atoms with Crippen molar-refractivity contribution in [3.8, 4) is 11.3 Å². The van der Waals surface area contributed by atoms with Gasteiger partial charge in [0.1, 0.15) is 5.65 Å². The molecule has 0 saturated carbocycles. The van der Waals surface area contributed by atoms with Crippen molar-refractivity contribution in [3.63, 3.8) is 0 Å². The molecule has 8 heteroatoms. The number of carboxylic acids is 2. The number of benzene rings is 1. The van der Waals surface area contributed by atoms with Gasteiger partial charge in [-0.15, -0.1) is 0 Å². The van der Waals surface area contributed by atoms with Crippen LogP contribution in [0.5, 0.6) is 0 Å². The standard InChI is InChI=1S/C19H21N3O.C4H4O4/c1-13-5-8-15(9-6-13)19-16(11-18(23)21(3)4)22-12-14(2)7-10-17(22)20-19;5-3(6)1-2-4(7)8/h5-10,12H,11H2,1-4H3;1-2H,(H,5,6)(H,7,8)/b;2-1+. The van der Waals surface area contributed by atoms with Crippen LogP contribution in [0.15, 0.2) is 54.7 Å². The molecule has 0 spiro atoms. The molecule has 3 rings (SSSR count). The summed E-state index contributed by atoms with van der Waals surface area (Å²) in [6, 6.07) is 12.3. The van der Waals surface area contributed by atoms with Crippen LogP contribution in [-0.4, -0.2) is 56.4 Å². The first-order valence-electron chi connectivity index (χ1n) is 9.47. The highest BCUT2D eigenvalue weighted by atomic mass is 16.4. The lowest BCUT2D eigenvalue weighted by atomic mass is 10.1. The minimum atomic E-state index is -1.26. The molecule has 2 heterocycles. The molecule has 3 aromatic rings. The van der Waals surface area contributed by atoms with Crippen molar-refractivity contribution < 1.29 is 24.6 Å². The highest BCUT2D eigenvalue weighted by Gasteiger charge is 2.18. The summed E-state index contributed by atoms with van der Waals surface area (Å²) in [6.45, 7) is 4.11. The second kappa shape index (κ2) is 10.2. The molecule has 0 bridgehead atoms. The summed E-state index contributed by atoms with van der Waals surface area (Å²) in [5, 5.41) is 15.6. The number of carboxylic acid groups (broad SMARTS) is 2. The third-order valence-electron chi connectivity index (χ3n) is 4.38. The number of fused-ring (bicyclic) bond motifs is 1. The second-order valence-electron chi connectivity index (χ2n) is 7.18. The Hall–Kier alpha value is -3.94. The zero-order valence-electron chi connectivity index (χ0n) is 17.9. The van der Waals surface area contributed by atoms with Gasteiger partial charge in [0.05, 0.1) is 17.8 Å². The smallest absolute Gasteiger partial charge is 0.328 e. The summed E-state index contributed by atoms with van der Waals surface area (Å²) in [6.07, 6.45) is 3.49. The maximum atomic E-state index is 12.3. The molecule has 2 aromatic heterocycles. The van der Waals surface area contributed by atoms with E-state index in [4.69, 9.17) is 15.2 Å². The third kappa shape index (κ3) is 6.53. The van der Waals surface area contributed by atoms with Crippen LogP contribution < -0.4 is 0 Å². The van der Waals surface area contributed by atoms with Gasteiger partial charge in [-0.2, -0.15) is 0 Å². The molecule has 2 N–H and O–H groups in total. The number of aryl methyl sites for hydroxylation is 2. The fourth-order valence-corrected chi connectivity index (χ4v) is 2.76. The molecule has 8 nitrogen and oxygen atoms in total. The van der Waals surface area contributed by atoms with Crippen LogP contribution in [0.25, 0.3) is 16.9 Å². The highest BCUT2D eigenvalue weighted by molar-refractivity contribution is 5.89. The molecule has 0 aliphatic carbocycles. The molecule has 0 radical (unpaired) electrons. The molecule has 0 aliphatic heterocycles. The Bertz CT molecular complexity index is 1110. The van der Waals surface area contributed by atoms with Crippen LogP contribution in [0, 0.1) is 13.8 Å². The van der Waals surface area contributed by atoms with E-state index in [1.165, 1.54) is 5.56 Å². The average Bonchev–Trinajstić information content (AvgIpc) is 3.05. The van der Waals surface area contributed by atoms with Crippen LogP contribution in [0.4, 0.5) is 0 Å². The summed E-state index contributed by atoms with van der Waals surface area (Å²) in [5.74, 6) is -2.44. The third-order valence-corrected chi connectivity index (χ3v) is 4.38. The number of nitrogens with zero attached hydrogens (tertiary/aromatic N) is 3. The second-order valence-corrected chi connectivity index (χ2v) is 7.18. The Kier molecular flexibility index (Phi) is 7.68. The number of aromatic nitrogens is 2. The van der Waals surface area contributed by atoms with Gasteiger partial charge in [0.25, 0.3) is 0 Å². The van der Waals surface area contributed by atoms with Gasteiger partial charge in [-0.3, -0.25) is 4.79 Å². The fourth-order valence-electron chi connectivity index (χ4n) is 2.76. The van der Waals surface area contributed by atoms with Gasteiger partial charge in [0, 0.05) is 38.0 Å². The Morgan fingerprint density at radius 3 is 2.00 bits per heavy atom. The van der Waals surface area contributed by atoms with Crippen LogP contribution in [0.2, 0.25) is 0 Å². The number of imidazole rings is 1. The minimum Gasteiger partial charge on any atom is -0.478 e. The number of hydrogen-bond donors (Lipinski definition) is 2. The average molecular weight is 423 g/mol. The first-order valence-corrected chi connectivity index (χ1v) is 9.47. The number of likely N-dealkylation sites (N-methyl/N-ethyl adjacent to an activating group) is 1. The SMILES string of the molecule is Cc1ccc(-c2nc3ccc(C)cn3c2CC(=O)N(C)C)cc1.O=C(O)/C=C/C(=O)O. The van der Waals surface area contributed by atoms with Crippen LogP contribution in [0.3, 0.4) is 0 Å². The van der Waals surface area contributed by atoms with Gasteiger partial charge >= 0.3 is 11.9 Å². The molecule has 31 heavy (non-hydrogen) atoms. The Labute approximate surface area is 180 Å². The number of rotatable bonds is 5. The summed E-state index contributed by atoms with van der Waals surface area (Å²) < 4.78 is 2.03. The minimum absolute atomic E-state index is 0.0710. The summed E-state index contributed by atoms with van der Waals surface area (Å²) in [4.78, 5) is 37.7. The van der Waals surface area contributed by atoms with Crippen molar-refractivity contribution in [3.05, 3.63) is 71.6 Å². The van der Waals surface area contributed by atoms with Crippen molar-refractivity contribution >= 4 is 23.5 Å². The first kappa shape index (κ1) is 23.3. The maximum absolute atomic E-state index is 12.3. The van der Waals surface area contributed by atoms with Crippen LogP contribution >= 0.6 is 0 Å². The van der Waals surface area contributed by atoms with E-state index < -0.39 is 11.9 Å². The summed E-state index contributed by atoms with van der Waals surface area (Å²) in [7, 11) is 3.56. The van der Waals surface area contributed by atoms with Crippen molar-refractivity contribution in [2.75, 3.05) is 14.1 Å². The lowest BCUT2D eigenvalue weighted by molar-refractivity contribution is -0.134. The van der Waals surface area contributed by atoms with E-state index in [1.807, 2.05) is 29.7 Å². The largest absolute Gasteiger partial charge is 0.478 e. The first-order chi connectivity index (χ1) is 14.6. The van der Waals surface area contributed by atoms with E-state index in [0.717, 1.165) is 28.2 Å². The van der Waals surface area contributed by atoms with Gasteiger partial charge in [0.2, 0.25) is 5.91 Å². The molecule has 162 valence electrons. The van der Waals surface area contributed by atoms with Gasteiger partial charge in [-0.25, -0.2) is 14.6 Å². The number of hydrogen-bond acceptors (Lipinski definition) is 4. The zero-order chi connectivity index (χ0) is 23.1. The van der Waals surface area contributed by atoms with E-state index >= 15 is 0 Å². The summed E-state index contributed by atoms with van der Waals surface area (Å²) >= 11 is 0. The van der Waals surface area contributed by atoms with E-state index in [2.05, 4.69) is 31.2 Å². The topological polar surface area (TPSA) is 112 Å². The monoisotopic (exact) mass is 423 g/mol. The number of amides is 1.